The Labute approximate surface area is 115 Å². The van der Waals surface area contributed by atoms with Crippen LogP contribution in [-0.4, -0.2) is 43.3 Å². The first-order chi connectivity index (χ1) is 9.22. The van der Waals surface area contributed by atoms with Gasteiger partial charge in [0, 0.05) is 18.2 Å². The minimum atomic E-state index is 0.267. The van der Waals surface area contributed by atoms with Crippen LogP contribution in [0.2, 0.25) is 0 Å². The number of aromatic hydroxyl groups is 1. The number of phenolic OH excluding ortho intramolecular Hbond substituents is 1. The second-order valence-corrected chi connectivity index (χ2v) is 5.22. The molecular weight excluding hydrogens is 240 g/mol. The molecule has 1 aromatic rings. The van der Waals surface area contributed by atoms with E-state index in [-0.39, 0.29) is 5.75 Å². The molecule has 1 fully saturated rings. The molecule has 1 aliphatic heterocycles. The zero-order valence-electron chi connectivity index (χ0n) is 11.9. The molecular formula is C15H24N2O2. The summed E-state index contributed by atoms with van der Waals surface area (Å²) >= 11 is 0. The molecule has 0 amide bonds. The summed E-state index contributed by atoms with van der Waals surface area (Å²) in [4.78, 5) is 2.33. The van der Waals surface area contributed by atoms with Crippen molar-refractivity contribution in [3.8, 4) is 11.5 Å². The number of nitrogens with zero attached hydrogens (tertiary/aromatic N) is 1. The van der Waals surface area contributed by atoms with Crippen molar-refractivity contribution >= 4 is 0 Å². The van der Waals surface area contributed by atoms with E-state index in [0.717, 1.165) is 25.2 Å². The maximum absolute atomic E-state index is 10.1. The summed E-state index contributed by atoms with van der Waals surface area (Å²) in [6.45, 7) is 2.96. The Morgan fingerprint density at radius 3 is 3.00 bits per heavy atom. The van der Waals surface area contributed by atoms with E-state index in [9.17, 15) is 5.11 Å². The molecule has 1 saturated heterocycles. The van der Waals surface area contributed by atoms with Gasteiger partial charge in [-0.3, -0.25) is 4.90 Å². The number of ether oxygens (including phenoxy) is 1. The molecule has 1 aliphatic rings. The van der Waals surface area contributed by atoms with Gasteiger partial charge in [0.1, 0.15) is 0 Å². The lowest BCUT2D eigenvalue weighted by molar-refractivity contribution is 0.213. The van der Waals surface area contributed by atoms with Crippen LogP contribution >= 0.6 is 0 Å². The third-order valence-corrected chi connectivity index (χ3v) is 3.89. The summed E-state index contributed by atoms with van der Waals surface area (Å²) in [6.07, 6.45) is 3.61. The van der Waals surface area contributed by atoms with Gasteiger partial charge in [-0.2, -0.15) is 0 Å². The summed E-state index contributed by atoms with van der Waals surface area (Å²) < 4.78 is 5.15. The average Bonchev–Trinajstić information content (AvgIpc) is 2.70. The van der Waals surface area contributed by atoms with Gasteiger partial charge in [0.2, 0.25) is 0 Å². The first-order valence-corrected chi connectivity index (χ1v) is 6.98. The Bertz CT molecular complexity index is 401. The van der Waals surface area contributed by atoms with Crippen molar-refractivity contribution in [2.75, 3.05) is 27.2 Å². The van der Waals surface area contributed by atoms with E-state index in [1.165, 1.54) is 19.3 Å². The molecule has 1 heterocycles. The largest absolute Gasteiger partial charge is 0.504 e. The molecule has 2 N–H and O–H groups in total. The maximum atomic E-state index is 10.1. The zero-order valence-corrected chi connectivity index (χ0v) is 11.9. The van der Waals surface area contributed by atoms with E-state index in [4.69, 9.17) is 4.74 Å². The molecule has 0 aliphatic carbocycles. The summed E-state index contributed by atoms with van der Waals surface area (Å²) in [5, 5.41) is 13.6. The minimum Gasteiger partial charge on any atom is -0.504 e. The van der Waals surface area contributed by atoms with Crippen LogP contribution in [0.15, 0.2) is 18.2 Å². The Hall–Kier alpha value is -1.26. The highest BCUT2D eigenvalue weighted by molar-refractivity contribution is 5.45. The normalized spacial score (nSPS) is 20.3. The third kappa shape index (κ3) is 3.61. The third-order valence-electron chi connectivity index (χ3n) is 3.89. The lowest BCUT2D eigenvalue weighted by Crippen LogP contribution is -2.32. The van der Waals surface area contributed by atoms with E-state index in [0.29, 0.717) is 11.8 Å². The molecule has 106 valence electrons. The number of para-hydroxylation sites is 1. The van der Waals surface area contributed by atoms with Gasteiger partial charge in [-0.25, -0.2) is 0 Å². The van der Waals surface area contributed by atoms with Crippen LogP contribution in [0.4, 0.5) is 0 Å². The fourth-order valence-corrected chi connectivity index (χ4v) is 2.70. The Balaban J connectivity index is 2.03. The highest BCUT2D eigenvalue weighted by atomic mass is 16.5. The SMILES string of the molecule is COc1cccc(CN(C)C2CCCNCC2)c1O. The first kappa shape index (κ1) is 14.2. The molecule has 1 atom stereocenters. The lowest BCUT2D eigenvalue weighted by atomic mass is 10.1. The lowest BCUT2D eigenvalue weighted by Gasteiger charge is -2.27. The van der Waals surface area contributed by atoms with Gasteiger partial charge in [-0.1, -0.05) is 12.1 Å². The number of nitrogens with one attached hydrogen (secondary N) is 1. The fourth-order valence-electron chi connectivity index (χ4n) is 2.70. The van der Waals surface area contributed by atoms with Crippen molar-refractivity contribution < 1.29 is 9.84 Å². The predicted octanol–water partition coefficient (Wildman–Crippen LogP) is 1.97. The number of rotatable bonds is 4. The quantitative estimate of drug-likeness (QED) is 0.873. The predicted molar refractivity (Wildman–Crippen MR) is 76.6 cm³/mol. The molecule has 0 aromatic heterocycles. The summed E-state index contributed by atoms with van der Waals surface area (Å²) in [5.74, 6) is 0.817. The Kier molecular flexibility index (Phi) is 5.05. The average molecular weight is 264 g/mol. The van der Waals surface area contributed by atoms with Crippen molar-refractivity contribution in [3.63, 3.8) is 0 Å². The van der Waals surface area contributed by atoms with E-state index >= 15 is 0 Å². The smallest absolute Gasteiger partial charge is 0.162 e. The highest BCUT2D eigenvalue weighted by Gasteiger charge is 2.18. The zero-order chi connectivity index (χ0) is 13.7. The summed E-state index contributed by atoms with van der Waals surface area (Å²) in [5.41, 5.74) is 0.930. The van der Waals surface area contributed by atoms with Gasteiger partial charge >= 0.3 is 0 Å². The van der Waals surface area contributed by atoms with Crippen molar-refractivity contribution in [1.82, 2.24) is 10.2 Å². The molecule has 19 heavy (non-hydrogen) atoms. The topological polar surface area (TPSA) is 44.7 Å². The van der Waals surface area contributed by atoms with Gasteiger partial charge in [0.15, 0.2) is 11.5 Å². The number of benzene rings is 1. The van der Waals surface area contributed by atoms with Gasteiger partial charge < -0.3 is 15.2 Å². The second kappa shape index (κ2) is 6.78. The van der Waals surface area contributed by atoms with Crippen molar-refractivity contribution in [3.05, 3.63) is 23.8 Å². The van der Waals surface area contributed by atoms with Gasteiger partial charge in [0.25, 0.3) is 0 Å². The Morgan fingerprint density at radius 2 is 2.21 bits per heavy atom. The monoisotopic (exact) mass is 264 g/mol. The van der Waals surface area contributed by atoms with E-state index in [1.54, 1.807) is 13.2 Å². The minimum absolute atomic E-state index is 0.267. The Morgan fingerprint density at radius 1 is 1.37 bits per heavy atom. The molecule has 0 bridgehead atoms. The fraction of sp³-hybridized carbons (Fsp3) is 0.600. The molecule has 1 aromatic carbocycles. The van der Waals surface area contributed by atoms with Crippen molar-refractivity contribution in [1.29, 1.82) is 0 Å². The standard InChI is InChI=1S/C15H24N2O2/c1-17(13-6-4-9-16-10-8-13)11-12-5-3-7-14(19-2)15(12)18/h3,5,7,13,16,18H,4,6,8-11H2,1-2H3. The number of methoxy groups -OCH3 is 1. The highest BCUT2D eigenvalue weighted by Crippen LogP contribution is 2.30. The van der Waals surface area contributed by atoms with Crippen molar-refractivity contribution in [2.45, 2.75) is 31.8 Å². The molecule has 0 spiro atoms. The maximum Gasteiger partial charge on any atom is 0.162 e. The van der Waals surface area contributed by atoms with Crippen molar-refractivity contribution in [2.24, 2.45) is 0 Å². The van der Waals surface area contributed by atoms with Gasteiger partial charge in [-0.05, 0) is 45.5 Å². The number of hydrogen-bond acceptors (Lipinski definition) is 4. The van der Waals surface area contributed by atoms with E-state index < -0.39 is 0 Å². The van der Waals surface area contributed by atoms with Crippen LogP contribution in [0.5, 0.6) is 11.5 Å². The second-order valence-electron chi connectivity index (χ2n) is 5.22. The molecule has 0 radical (unpaired) electrons. The van der Waals surface area contributed by atoms with Crippen LogP contribution in [0.1, 0.15) is 24.8 Å². The van der Waals surface area contributed by atoms with Crippen LogP contribution in [0, 0.1) is 0 Å². The van der Waals surface area contributed by atoms with Gasteiger partial charge in [0.05, 0.1) is 7.11 Å². The van der Waals surface area contributed by atoms with Crippen LogP contribution < -0.4 is 10.1 Å². The van der Waals surface area contributed by atoms with Crippen LogP contribution in [-0.2, 0) is 6.54 Å². The first-order valence-electron chi connectivity index (χ1n) is 6.98. The van der Waals surface area contributed by atoms with Crippen LogP contribution in [0.3, 0.4) is 0 Å². The number of hydrogen-bond donors (Lipinski definition) is 2. The van der Waals surface area contributed by atoms with E-state index in [1.807, 2.05) is 12.1 Å². The molecule has 1 unspecified atom stereocenters. The van der Waals surface area contributed by atoms with E-state index in [2.05, 4.69) is 17.3 Å². The molecule has 2 rings (SSSR count). The molecule has 4 heteroatoms. The summed E-state index contributed by atoms with van der Waals surface area (Å²) in [7, 11) is 3.72. The van der Waals surface area contributed by atoms with Gasteiger partial charge in [-0.15, -0.1) is 0 Å². The molecule has 4 nitrogen and oxygen atoms in total. The number of phenols is 1. The molecule has 0 saturated carbocycles. The van der Waals surface area contributed by atoms with Crippen LogP contribution in [0.25, 0.3) is 0 Å². The summed E-state index contributed by atoms with van der Waals surface area (Å²) in [6, 6.07) is 6.26.